The van der Waals surface area contributed by atoms with Gasteiger partial charge in [0.05, 0.1) is 10.3 Å². The Morgan fingerprint density at radius 1 is 1.06 bits per heavy atom. The van der Waals surface area contributed by atoms with Crippen molar-refractivity contribution < 1.29 is 26.4 Å². The molecule has 2 rings (SSSR count). The molecule has 176 valence electrons. The topological polar surface area (TPSA) is 78.5 Å². The number of sulfonamides is 1. The monoisotopic (exact) mass is 463 g/mol. The van der Waals surface area contributed by atoms with Gasteiger partial charge in [-0.2, -0.15) is 13.2 Å². The zero-order chi connectivity index (χ0) is 23.6. The third kappa shape index (κ3) is 6.83. The first-order valence-corrected chi connectivity index (χ1v) is 11.8. The number of halogens is 3. The van der Waals surface area contributed by atoms with E-state index in [2.05, 4.69) is 10.0 Å². The van der Waals surface area contributed by atoms with Gasteiger partial charge < -0.3 is 10.2 Å². The molecule has 2 N–H and O–H groups in total. The SMILES string of the molecule is CN(C)C(=O)c1cc(NC[C@H]2CC[C@H](NS(=O)(=O)C(C)(C)C)CC2)cc(C(F)(F)F)c1. The summed E-state index contributed by atoms with van der Waals surface area (Å²) < 4.78 is 66.3. The van der Waals surface area contributed by atoms with Crippen molar-refractivity contribution in [1.29, 1.82) is 0 Å². The highest BCUT2D eigenvalue weighted by molar-refractivity contribution is 7.90. The molecule has 0 atom stereocenters. The van der Waals surface area contributed by atoms with Crippen molar-refractivity contribution in [3.63, 3.8) is 0 Å². The summed E-state index contributed by atoms with van der Waals surface area (Å²) in [6, 6.07) is 3.18. The van der Waals surface area contributed by atoms with Crippen LogP contribution in [0.2, 0.25) is 0 Å². The van der Waals surface area contributed by atoms with E-state index in [1.165, 1.54) is 25.1 Å². The van der Waals surface area contributed by atoms with Crippen molar-refractivity contribution in [3.05, 3.63) is 29.3 Å². The molecule has 0 aromatic heterocycles. The van der Waals surface area contributed by atoms with Gasteiger partial charge in [-0.15, -0.1) is 0 Å². The Morgan fingerprint density at radius 2 is 1.65 bits per heavy atom. The van der Waals surface area contributed by atoms with E-state index < -0.39 is 32.4 Å². The van der Waals surface area contributed by atoms with Gasteiger partial charge in [0.25, 0.3) is 5.91 Å². The van der Waals surface area contributed by atoms with Crippen molar-refractivity contribution in [2.24, 2.45) is 5.92 Å². The zero-order valence-electron chi connectivity index (χ0n) is 18.6. The van der Waals surface area contributed by atoms with Crippen LogP contribution in [0.3, 0.4) is 0 Å². The van der Waals surface area contributed by atoms with E-state index in [1.54, 1.807) is 20.8 Å². The molecule has 6 nitrogen and oxygen atoms in total. The smallest absolute Gasteiger partial charge is 0.385 e. The highest BCUT2D eigenvalue weighted by Gasteiger charge is 2.34. The zero-order valence-corrected chi connectivity index (χ0v) is 19.5. The van der Waals surface area contributed by atoms with Crippen LogP contribution in [-0.4, -0.2) is 50.7 Å². The molecule has 31 heavy (non-hydrogen) atoms. The first-order chi connectivity index (χ1) is 14.1. The van der Waals surface area contributed by atoms with Crippen LogP contribution in [-0.2, 0) is 16.2 Å². The summed E-state index contributed by atoms with van der Waals surface area (Å²) in [5.74, 6) is -0.293. The second kappa shape index (κ2) is 9.36. The molecule has 0 radical (unpaired) electrons. The summed E-state index contributed by atoms with van der Waals surface area (Å²) in [6.07, 6.45) is -1.69. The fraction of sp³-hybridized carbons (Fsp3) is 0.667. The van der Waals surface area contributed by atoms with E-state index in [1.807, 2.05) is 0 Å². The lowest BCUT2D eigenvalue weighted by Gasteiger charge is -2.31. The average molecular weight is 464 g/mol. The van der Waals surface area contributed by atoms with Crippen molar-refractivity contribution in [1.82, 2.24) is 9.62 Å². The van der Waals surface area contributed by atoms with Crippen molar-refractivity contribution in [3.8, 4) is 0 Å². The molecule has 0 saturated heterocycles. The minimum Gasteiger partial charge on any atom is -0.385 e. The number of hydrogen-bond donors (Lipinski definition) is 2. The summed E-state index contributed by atoms with van der Waals surface area (Å²) >= 11 is 0. The van der Waals surface area contributed by atoms with Crippen LogP contribution < -0.4 is 10.0 Å². The molecule has 0 spiro atoms. The quantitative estimate of drug-likeness (QED) is 0.666. The number of hydrogen-bond acceptors (Lipinski definition) is 4. The molecular weight excluding hydrogens is 431 g/mol. The van der Waals surface area contributed by atoms with E-state index in [9.17, 15) is 26.4 Å². The molecule has 0 unspecified atom stereocenters. The average Bonchev–Trinajstić information content (AvgIpc) is 2.64. The molecule has 1 fully saturated rings. The van der Waals surface area contributed by atoms with Crippen LogP contribution in [0, 0.1) is 5.92 Å². The lowest BCUT2D eigenvalue weighted by Crippen LogP contribution is -2.46. The molecule has 10 heteroatoms. The largest absolute Gasteiger partial charge is 0.416 e. The van der Waals surface area contributed by atoms with Gasteiger partial charge in [0, 0.05) is 37.9 Å². The van der Waals surface area contributed by atoms with Gasteiger partial charge >= 0.3 is 6.18 Å². The molecule has 1 saturated carbocycles. The number of anilines is 1. The Balaban J connectivity index is 2.01. The Hall–Kier alpha value is -1.81. The molecule has 1 aromatic carbocycles. The van der Waals surface area contributed by atoms with Crippen LogP contribution in [0.15, 0.2) is 18.2 Å². The maximum absolute atomic E-state index is 13.3. The van der Waals surface area contributed by atoms with E-state index in [4.69, 9.17) is 0 Å². The van der Waals surface area contributed by atoms with Gasteiger partial charge in [0.2, 0.25) is 10.0 Å². The van der Waals surface area contributed by atoms with Gasteiger partial charge in [-0.1, -0.05) is 0 Å². The Bertz CT molecular complexity index is 885. The normalized spacial score (nSPS) is 20.4. The summed E-state index contributed by atoms with van der Waals surface area (Å²) in [5.41, 5.74) is -0.652. The number of benzene rings is 1. The molecule has 0 bridgehead atoms. The lowest BCUT2D eigenvalue weighted by atomic mass is 9.86. The second-order valence-electron chi connectivity index (χ2n) is 9.33. The van der Waals surface area contributed by atoms with Crippen LogP contribution >= 0.6 is 0 Å². The molecule has 1 aliphatic rings. The number of carbonyl (C=O) groups is 1. The van der Waals surface area contributed by atoms with Crippen molar-refractivity contribution in [2.75, 3.05) is 26.0 Å². The predicted octanol–water partition coefficient (Wildman–Crippen LogP) is 4.10. The van der Waals surface area contributed by atoms with Crippen LogP contribution in [0.4, 0.5) is 18.9 Å². The van der Waals surface area contributed by atoms with Crippen LogP contribution in [0.25, 0.3) is 0 Å². The molecule has 1 amide bonds. The summed E-state index contributed by atoms with van der Waals surface area (Å²) in [4.78, 5) is 13.4. The fourth-order valence-electron chi connectivity index (χ4n) is 3.42. The number of alkyl halides is 3. The van der Waals surface area contributed by atoms with Gasteiger partial charge in [-0.25, -0.2) is 13.1 Å². The highest BCUT2D eigenvalue weighted by atomic mass is 32.2. The van der Waals surface area contributed by atoms with E-state index in [0.29, 0.717) is 19.4 Å². The second-order valence-corrected chi connectivity index (χ2v) is 11.8. The van der Waals surface area contributed by atoms with E-state index in [-0.39, 0.29) is 23.2 Å². The number of rotatable bonds is 6. The highest BCUT2D eigenvalue weighted by Crippen LogP contribution is 2.33. The maximum Gasteiger partial charge on any atom is 0.416 e. The van der Waals surface area contributed by atoms with Crippen molar-refractivity contribution in [2.45, 2.75) is 63.4 Å². The number of amides is 1. The Morgan fingerprint density at radius 3 is 2.13 bits per heavy atom. The van der Waals surface area contributed by atoms with Crippen LogP contribution in [0.5, 0.6) is 0 Å². The molecule has 1 aliphatic carbocycles. The third-order valence-electron chi connectivity index (χ3n) is 5.48. The standard InChI is InChI=1S/C21H32F3N3O3S/c1-20(2,3)31(29,30)26-17-8-6-14(7-9-17)13-25-18-11-15(19(28)27(4)5)10-16(12-18)21(22,23)24/h10-12,14,17,25-26H,6-9,13H2,1-5H3/t14-,17-. The van der Waals surface area contributed by atoms with Gasteiger partial charge in [-0.3, -0.25) is 4.79 Å². The van der Waals surface area contributed by atoms with E-state index in [0.717, 1.165) is 25.0 Å². The molecule has 0 heterocycles. The number of carbonyl (C=O) groups excluding carboxylic acids is 1. The first-order valence-electron chi connectivity index (χ1n) is 10.3. The summed E-state index contributed by atoms with van der Waals surface area (Å²) in [6.45, 7) is 5.40. The summed E-state index contributed by atoms with van der Waals surface area (Å²) in [5, 5.41) is 3.04. The molecule has 1 aromatic rings. The van der Waals surface area contributed by atoms with Crippen LogP contribution in [0.1, 0.15) is 62.4 Å². The van der Waals surface area contributed by atoms with Crippen molar-refractivity contribution >= 4 is 21.6 Å². The molecular formula is C21H32F3N3O3S. The minimum absolute atomic E-state index is 0.0254. The third-order valence-corrected chi connectivity index (χ3v) is 7.74. The lowest BCUT2D eigenvalue weighted by molar-refractivity contribution is -0.137. The number of nitrogens with one attached hydrogen (secondary N) is 2. The Kier molecular flexibility index (Phi) is 7.68. The minimum atomic E-state index is -4.55. The maximum atomic E-state index is 13.3. The van der Waals surface area contributed by atoms with Gasteiger partial charge in [-0.05, 0) is 70.6 Å². The Labute approximate surface area is 182 Å². The van der Waals surface area contributed by atoms with Gasteiger partial charge in [0.1, 0.15) is 0 Å². The summed E-state index contributed by atoms with van der Waals surface area (Å²) in [7, 11) is -0.441. The fourth-order valence-corrected chi connectivity index (χ4v) is 4.45. The number of nitrogens with zero attached hydrogens (tertiary/aromatic N) is 1. The first kappa shape index (κ1) is 25.5. The predicted molar refractivity (Wildman–Crippen MR) is 116 cm³/mol. The molecule has 0 aliphatic heterocycles. The van der Waals surface area contributed by atoms with E-state index >= 15 is 0 Å². The van der Waals surface area contributed by atoms with Gasteiger partial charge in [0.15, 0.2) is 0 Å².